The lowest BCUT2D eigenvalue weighted by molar-refractivity contribution is -0.123. The zero-order valence-corrected chi connectivity index (χ0v) is 16.4. The summed E-state index contributed by atoms with van der Waals surface area (Å²) >= 11 is 5.83. The number of benzene rings is 2. The van der Waals surface area contributed by atoms with Crippen LogP contribution in [-0.4, -0.2) is 38.3 Å². The van der Waals surface area contributed by atoms with Crippen LogP contribution in [0, 0.1) is 0 Å². The van der Waals surface area contributed by atoms with Crippen LogP contribution < -0.4 is 10.6 Å². The Hall–Kier alpha value is -2.38. The summed E-state index contributed by atoms with van der Waals surface area (Å²) < 4.78 is 22.9. The summed E-state index contributed by atoms with van der Waals surface area (Å²) in [4.78, 5) is 24.9. The van der Waals surface area contributed by atoms with Gasteiger partial charge in [-0.3, -0.25) is 9.59 Å². The van der Waals surface area contributed by atoms with Gasteiger partial charge in [-0.15, -0.1) is 0 Å². The van der Waals surface area contributed by atoms with Crippen molar-refractivity contribution in [3.8, 4) is 0 Å². The van der Waals surface area contributed by atoms with Crippen molar-refractivity contribution in [1.29, 1.82) is 0 Å². The average molecular weight is 409 g/mol. The predicted molar refractivity (Wildman–Crippen MR) is 105 cm³/mol. The van der Waals surface area contributed by atoms with Crippen molar-refractivity contribution in [2.24, 2.45) is 0 Å². The summed E-state index contributed by atoms with van der Waals surface area (Å²) in [6, 6.07) is 14.4. The van der Waals surface area contributed by atoms with E-state index in [-0.39, 0.29) is 18.7 Å². The van der Waals surface area contributed by atoms with Gasteiger partial charge in [-0.05, 0) is 36.2 Å². The second kappa shape index (κ2) is 9.53. The van der Waals surface area contributed by atoms with E-state index in [2.05, 4.69) is 10.6 Å². The van der Waals surface area contributed by atoms with Crippen LogP contribution in [0.15, 0.2) is 54.6 Å². The molecule has 0 saturated carbocycles. The Balaban J connectivity index is 2.04. The van der Waals surface area contributed by atoms with E-state index in [0.717, 1.165) is 11.8 Å². The molecule has 0 spiro atoms. The van der Waals surface area contributed by atoms with Gasteiger partial charge in [0.15, 0.2) is 0 Å². The number of sulfone groups is 1. The molecular formula is C19H21ClN2O4S. The van der Waals surface area contributed by atoms with Crippen molar-refractivity contribution in [1.82, 2.24) is 10.6 Å². The molecule has 0 bridgehead atoms. The minimum atomic E-state index is -3.27. The number of hydrogen-bond acceptors (Lipinski definition) is 4. The van der Waals surface area contributed by atoms with E-state index in [0.29, 0.717) is 10.6 Å². The summed E-state index contributed by atoms with van der Waals surface area (Å²) in [5.41, 5.74) is 1.23. The Morgan fingerprint density at radius 3 is 2.26 bits per heavy atom. The fraction of sp³-hybridized carbons (Fsp3) is 0.263. The van der Waals surface area contributed by atoms with Crippen LogP contribution in [0.3, 0.4) is 0 Å². The van der Waals surface area contributed by atoms with Gasteiger partial charge in [0, 0.05) is 23.4 Å². The molecule has 0 aromatic heterocycles. The third-order valence-electron chi connectivity index (χ3n) is 3.82. The molecule has 0 heterocycles. The van der Waals surface area contributed by atoms with Gasteiger partial charge in [-0.1, -0.05) is 41.9 Å². The second-order valence-electron chi connectivity index (χ2n) is 6.15. The number of amides is 2. The maximum atomic E-state index is 12.5. The van der Waals surface area contributed by atoms with Gasteiger partial charge < -0.3 is 10.6 Å². The SMILES string of the molecule is CS(=O)(=O)CCC(NC(=O)c1ccccc1)C(=O)NCc1ccc(Cl)cc1. The van der Waals surface area contributed by atoms with Crippen molar-refractivity contribution in [3.05, 3.63) is 70.7 Å². The molecule has 1 atom stereocenters. The second-order valence-corrected chi connectivity index (χ2v) is 8.85. The highest BCUT2D eigenvalue weighted by Crippen LogP contribution is 2.09. The van der Waals surface area contributed by atoms with Crippen LogP contribution in [0.25, 0.3) is 0 Å². The lowest BCUT2D eigenvalue weighted by atomic mass is 10.1. The topological polar surface area (TPSA) is 92.3 Å². The first kappa shape index (κ1) is 20.9. The first-order valence-corrected chi connectivity index (χ1v) is 10.7. The van der Waals surface area contributed by atoms with E-state index in [4.69, 9.17) is 11.6 Å². The molecule has 0 aliphatic carbocycles. The van der Waals surface area contributed by atoms with Gasteiger partial charge in [0.2, 0.25) is 5.91 Å². The largest absolute Gasteiger partial charge is 0.350 e. The smallest absolute Gasteiger partial charge is 0.251 e. The molecule has 144 valence electrons. The van der Waals surface area contributed by atoms with Crippen molar-refractivity contribution >= 4 is 33.3 Å². The maximum Gasteiger partial charge on any atom is 0.251 e. The molecule has 2 N–H and O–H groups in total. The zero-order valence-electron chi connectivity index (χ0n) is 14.8. The number of halogens is 1. The number of nitrogens with one attached hydrogen (secondary N) is 2. The number of hydrogen-bond donors (Lipinski definition) is 2. The molecule has 1 unspecified atom stereocenters. The zero-order chi connectivity index (χ0) is 19.9. The van der Waals surface area contributed by atoms with Gasteiger partial charge in [0.25, 0.3) is 5.91 Å². The van der Waals surface area contributed by atoms with E-state index in [1.54, 1.807) is 54.6 Å². The third-order valence-corrected chi connectivity index (χ3v) is 5.04. The van der Waals surface area contributed by atoms with Gasteiger partial charge in [0.1, 0.15) is 15.9 Å². The fourth-order valence-corrected chi connectivity index (χ4v) is 3.14. The highest BCUT2D eigenvalue weighted by atomic mass is 35.5. The Bertz CT molecular complexity index is 884. The van der Waals surface area contributed by atoms with Crippen molar-refractivity contribution in [2.75, 3.05) is 12.0 Å². The predicted octanol–water partition coefficient (Wildman–Crippen LogP) is 2.19. The summed E-state index contributed by atoms with van der Waals surface area (Å²) in [5, 5.41) is 5.92. The van der Waals surface area contributed by atoms with Crippen molar-refractivity contribution in [2.45, 2.75) is 19.0 Å². The van der Waals surface area contributed by atoms with Crippen molar-refractivity contribution in [3.63, 3.8) is 0 Å². The highest BCUT2D eigenvalue weighted by Gasteiger charge is 2.22. The molecule has 2 rings (SSSR count). The first-order valence-electron chi connectivity index (χ1n) is 8.30. The Morgan fingerprint density at radius 1 is 1.04 bits per heavy atom. The third kappa shape index (κ3) is 7.40. The minimum absolute atomic E-state index is 0.0101. The quantitative estimate of drug-likeness (QED) is 0.700. The highest BCUT2D eigenvalue weighted by molar-refractivity contribution is 7.90. The Kier molecular flexibility index (Phi) is 7.38. The number of rotatable bonds is 8. The Labute approximate surface area is 163 Å². The molecule has 0 aliphatic rings. The average Bonchev–Trinajstić information content (AvgIpc) is 2.64. The molecule has 2 aromatic rings. The van der Waals surface area contributed by atoms with E-state index in [9.17, 15) is 18.0 Å². The lowest BCUT2D eigenvalue weighted by Gasteiger charge is -2.18. The first-order chi connectivity index (χ1) is 12.7. The van der Waals surface area contributed by atoms with Crippen LogP contribution in [-0.2, 0) is 21.2 Å². The van der Waals surface area contributed by atoms with Crippen LogP contribution in [0.2, 0.25) is 5.02 Å². The van der Waals surface area contributed by atoms with E-state index >= 15 is 0 Å². The monoisotopic (exact) mass is 408 g/mol. The summed E-state index contributed by atoms with van der Waals surface area (Å²) in [6.45, 7) is 0.243. The number of carbonyl (C=O) groups excluding carboxylic acids is 2. The molecule has 0 saturated heterocycles. The van der Waals surface area contributed by atoms with Crippen LogP contribution in [0.5, 0.6) is 0 Å². The van der Waals surface area contributed by atoms with E-state index < -0.39 is 27.7 Å². The van der Waals surface area contributed by atoms with Gasteiger partial charge >= 0.3 is 0 Å². The lowest BCUT2D eigenvalue weighted by Crippen LogP contribution is -2.47. The van der Waals surface area contributed by atoms with Crippen molar-refractivity contribution < 1.29 is 18.0 Å². The molecule has 0 aliphatic heterocycles. The molecular weight excluding hydrogens is 388 g/mol. The molecule has 8 heteroatoms. The van der Waals surface area contributed by atoms with Gasteiger partial charge in [-0.25, -0.2) is 8.42 Å². The number of carbonyl (C=O) groups is 2. The standard InChI is InChI=1S/C19H21ClN2O4S/c1-27(25,26)12-11-17(22-18(23)15-5-3-2-4-6-15)19(24)21-13-14-7-9-16(20)10-8-14/h2-10,17H,11-13H2,1H3,(H,21,24)(H,22,23). The van der Waals surface area contributed by atoms with Crippen LogP contribution in [0.1, 0.15) is 22.3 Å². The molecule has 0 fully saturated rings. The summed E-state index contributed by atoms with van der Waals surface area (Å²) in [6.07, 6.45) is 1.08. The van der Waals surface area contributed by atoms with E-state index in [1.165, 1.54) is 0 Å². The van der Waals surface area contributed by atoms with Crippen LogP contribution >= 0.6 is 11.6 Å². The fourth-order valence-electron chi connectivity index (χ4n) is 2.35. The molecule has 2 aromatic carbocycles. The van der Waals surface area contributed by atoms with Crippen LogP contribution in [0.4, 0.5) is 0 Å². The minimum Gasteiger partial charge on any atom is -0.350 e. The van der Waals surface area contributed by atoms with Gasteiger partial charge in [0.05, 0.1) is 5.75 Å². The summed E-state index contributed by atoms with van der Waals surface area (Å²) in [7, 11) is -3.27. The normalized spacial score (nSPS) is 12.2. The maximum absolute atomic E-state index is 12.5. The van der Waals surface area contributed by atoms with E-state index in [1.807, 2.05) is 0 Å². The molecule has 27 heavy (non-hydrogen) atoms. The molecule has 6 nitrogen and oxygen atoms in total. The van der Waals surface area contributed by atoms with Gasteiger partial charge in [-0.2, -0.15) is 0 Å². The Morgan fingerprint density at radius 2 is 1.67 bits per heavy atom. The molecule has 0 radical (unpaired) electrons. The summed E-state index contributed by atoms with van der Waals surface area (Å²) in [5.74, 6) is -1.09. The molecule has 2 amide bonds.